The molecule has 2 nitrogen and oxygen atoms in total. The lowest BCUT2D eigenvalue weighted by molar-refractivity contribution is -0.116. The van der Waals surface area contributed by atoms with E-state index in [1.54, 1.807) is 0 Å². The van der Waals surface area contributed by atoms with Gasteiger partial charge >= 0.3 is 0 Å². The van der Waals surface area contributed by atoms with Crippen molar-refractivity contribution < 1.29 is 4.79 Å². The molecule has 2 bridgehead atoms. The molecule has 1 aliphatic carbocycles. The first-order valence-electron chi connectivity index (χ1n) is 7.70. The molecule has 1 aromatic carbocycles. The van der Waals surface area contributed by atoms with Gasteiger partial charge in [-0.1, -0.05) is 43.3 Å². The molecule has 2 unspecified atom stereocenters. The van der Waals surface area contributed by atoms with Crippen LogP contribution in [0, 0.1) is 5.92 Å². The Morgan fingerprint density at radius 3 is 2.65 bits per heavy atom. The van der Waals surface area contributed by atoms with Gasteiger partial charge < -0.3 is 0 Å². The van der Waals surface area contributed by atoms with E-state index in [1.807, 2.05) is 6.92 Å². The zero-order valence-electron chi connectivity index (χ0n) is 12.4. The van der Waals surface area contributed by atoms with Crippen molar-refractivity contribution >= 4 is 5.78 Å². The lowest BCUT2D eigenvalue weighted by atomic mass is 9.82. The van der Waals surface area contributed by atoms with E-state index in [9.17, 15) is 4.79 Å². The Morgan fingerprint density at radius 1 is 1.25 bits per heavy atom. The molecule has 2 heterocycles. The molecular weight excluding hydrogens is 246 g/mol. The number of benzene rings is 1. The summed E-state index contributed by atoms with van der Waals surface area (Å²) in [6.45, 7) is 3.07. The van der Waals surface area contributed by atoms with Crippen LogP contribution in [0.15, 0.2) is 42.0 Å². The summed E-state index contributed by atoms with van der Waals surface area (Å²) in [5, 5.41) is 0. The summed E-state index contributed by atoms with van der Waals surface area (Å²) in [5.74, 6) is 1.36. The van der Waals surface area contributed by atoms with E-state index in [0.717, 1.165) is 18.5 Å². The normalized spacial score (nSPS) is 29.9. The van der Waals surface area contributed by atoms with Crippen molar-refractivity contribution in [2.75, 3.05) is 13.6 Å². The lowest BCUT2D eigenvalue weighted by Crippen LogP contribution is -2.41. The number of carbonyl (C=O) groups is 1. The van der Waals surface area contributed by atoms with Crippen molar-refractivity contribution in [3.8, 4) is 0 Å². The molecule has 0 saturated carbocycles. The number of likely N-dealkylation sites (N-methyl/N-ethyl adjacent to an activating group) is 1. The van der Waals surface area contributed by atoms with Gasteiger partial charge in [0, 0.05) is 30.5 Å². The number of carbonyl (C=O) groups excluding carboxylic acids is 1. The highest BCUT2D eigenvalue weighted by molar-refractivity contribution is 5.96. The summed E-state index contributed by atoms with van der Waals surface area (Å²) in [6.07, 6.45) is 5.25. The van der Waals surface area contributed by atoms with Crippen LogP contribution in [0.25, 0.3) is 0 Å². The SMILES string of the molecule is CCC(=O)C1=C[C@H](c2ccccc2)C2CCC1N(C)C2. The summed E-state index contributed by atoms with van der Waals surface area (Å²) in [6, 6.07) is 11.0. The molecule has 1 aromatic rings. The quantitative estimate of drug-likeness (QED) is 0.838. The van der Waals surface area contributed by atoms with Crippen LogP contribution in [-0.4, -0.2) is 30.3 Å². The molecule has 0 aromatic heterocycles. The Kier molecular flexibility index (Phi) is 3.75. The maximum absolute atomic E-state index is 12.3. The molecule has 2 heteroatoms. The number of ketones is 1. The first kappa shape index (κ1) is 13.6. The number of piperidine rings is 1. The summed E-state index contributed by atoms with van der Waals surface area (Å²) >= 11 is 0. The minimum absolute atomic E-state index is 0.324. The van der Waals surface area contributed by atoms with Crippen molar-refractivity contribution in [1.82, 2.24) is 4.90 Å². The molecule has 4 rings (SSSR count). The smallest absolute Gasteiger partial charge is 0.159 e. The van der Waals surface area contributed by atoms with Crippen molar-refractivity contribution in [3.63, 3.8) is 0 Å². The Labute approximate surface area is 121 Å². The molecule has 2 aliphatic heterocycles. The Morgan fingerprint density at radius 2 is 2.00 bits per heavy atom. The lowest BCUT2D eigenvalue weighted by Gasteiger charge is -2.36. The van der Waals surface area contributed by atoms with Gasteiger partial charge in [0.25, 0.3) is 0 Å². The first-order chi connectivity index (χ1) is 9.70. The third-order valence-corrected chi connectivity index (χ3v) is 4.92. The highest BCUT2D eigenvalue weighted by Gasteiger charge is 2.38. The van der Waals surface area contributed by atoms with Gasteiger partial charge in [-0.05, 0) is 31.4 Å². The topological polar surface area (TPSA) is 20.3 Å². The molecule has 0 amide bonds. The maximum Gasteiger partial charge on any atom is 0.159 e. The molecule has 3 atom stereocenters. The van der Waals surface area contributed by atoms with Gasteiger partial charge in [-0.25, -0.2) is 0 Å². The standard InChI is InChI=1S/C18H23NO/c1-3-18(20)16-11-15(13-7-5-4-6-8-13)14-9-10-17(16)19(2)12-14/h4-8,11,14-15,17H,3,9-10,12H2,1-2H3/t14?,15-,17?/m1/s1. The van der Waals surface area contributed by atoms with Gasteiger partial charge in [-0.15, -0.1) is 0 Å². The summed E-state index contributed by atoms with van der Waals surface area (Å²) in [7, 11) is 2.17. The fraction of sp³-hybridized carbons (Fsp3) is 0.500. The van der Waals surface area contributed by atoms with Gasteiger partial charge in [0.2, 0.25) is 0 Å². The number of nitrogens with zero attached hydrogens (tertiary/aromatic N) is 1. The minimum atomic E-state index is 0.324. The van der Waals surface area contributed by atoms with Gasteiger partial charge in [0.05, 0.1) is 0 Å². The highest BCUT2D eigenvalue weighted by Crippen LogP contribution is 2.41. The number of fused-ring (bicyclic) bond motifs is 3. The van der Waals surface area contributed by atoms with Crippen molar-refractivity contribution in [2.24, 2.45) is 5.92 Å². The van der Waals surface area contributed by atoms with E-state index in [4.69, 9.17) is 0 Å². The zero-order valence-corrected chi connectivity index (χ0v) is 12.4. The highest BCUT2D eigenvalue weighted by atomic mass is 16.1. The van der Waals surface area contributed by atoms with E-state index >= 15 is 0 Å². The van der Waals surface area contributed by atoms with Crippen LogP contribution in [0.4, 0.5) is 0 Å². The van der Waals surface area contributed by atoms with Gasteiger partial charge in [-0.2, -0.15) is 0 Å². The van der Waals surface area contributed by atoms with Gasteiger partial charge in [0.15, 0.2) is 5.78 Å². The number of Topliss-reactive ketones (excluding diaryl/α,β-unsaturated/α-hetero) is 1. The van der Waals surface area contributed by atoms with Gasteiger partial charge in [-0.3, -0.25) is 9.69 Å². The van der Waals surface area contributed by atoms with Gasteiger partial charge in [0.1, 0.15) is 0 Å². The predicted octanol–water partition coefficient (Wildman–Crippen LogP) is 3.40. The number of allylic oxidation sites excluding steroid dienone is 1. The fourth-order valence-corrected chi connectivity index (χ4v) is 3.83. The Balaban J connectivity index is 2.03. The van der Waals surface area contributed by atoms with Crippen LogP contribution < -0.4 is 0 Å². The van der Waals surface area contributed by atoms with Crippen LogP contribution >= 0.6 is 0 Å². The summed E-state index contributed by atoms with van der Waals surface area (Å²) < 4.78 is 0. The van der Waals surface area contributed by atoms with E-state index in [1.165, 1.54) is 12.0 Å². The zero-order chi connectivity index (χ0) is 14.1. The third-order valence-electron chi connectivity index (χ3n) is 4.92. The molecule has 106 valence electrons. The van der Waals surface area contributed by atoms with Crippen LogP contribution in [0.2, 0.25) is 0 Å². The van der Waals surface area contributed by atoms with Crippen LogP contribution in [0.5, 0.6) is 0 Å². The average Bonchev–Trinajstić information content (AvgIpc) is 2.75. The fourth-order valence-electron chi connectivity index (χ4n) is 3.83. The van der Waals surface area contributed by atoms with E-state index in [-0.39, 0.29) is 0 Å². The van der Waals surface area contributed by atoms with Crippen molar-refractivity contribution in [1.29, 1.82) is 0 Å². The number of hydrogen-bond donors (Lipinski definition) is 0. The minimum Gasteiger partial charge on any atom is -0.299 e. The maximum atomic E-state index is 12.3. The largest absolute Gasteiger partial charge is 0.299 e. The summed E-state index contributed by atoms with van der Waals surface area (Å²) in [4.78, 5) is 14.7. The monoisotopic (exact) mass is 269 g/mol. The average molecular weight is 269 g/mol. The number of hydrogen-bond acceptors (Lipinski definition) is 2. The Hall–Kier alpha value is -1.41. The molecule has 0 N–H and O–H groups in total. The van der Waals surface area contributed by atoms with Crippen LogP contribution in [0.1, 0.15) is 37.7 Å². The van der Waals surface area contributed by atoms with E-state index in [2.05, 4.69) is 48.4 Å². The van der Waals surface area contributed by atoms with Crippen molar-refractivity contribution in [2.45, 2.75) is 38.1 Å². The second-order valence-electron chi connectivity index (χ2n) is 6.13. The second-order valence-corrected chi connectivity index (χ2v) is 6.13. The molecule has 0 spiro atoms. The predicted molar refractivity (Wildman–Crippen MR) is 81.7 cm³/mol. The van der Waals surface area contributed by atoms with Crippen LogP contribution in [0.3, 0.4) is 0 Å². The second kappa shape index (κ2) is 5.53. The molecular formula is C18H23NO. The number of rotatable bonds is 3. The first-order valence-corrected chi connectivity index (χ1v) is 7.70. The molecule has 1 fully saturated rings. The molecule has 3 aliphatic rings. The molecule has 1 saturated heterocycles. The third kappa shape index (κ3) is 2.33. The van der Waals surface area contributed by atoms with Crippen LogP contribution in [-0.2, 0) is 4.79 Å². The molecule has 20 heavy (non-hydrogen) atoms. The summed E-state index contributed by atoms with van der Waals surface area (Å²) in [5.41, 5.74) is 2.42. The Bertz CT molecular complexity index is 519. The molecule has 0 radical (unpaired) electrons. The van der Waals surface area contributed by atoms with Crippen molar-refractivity contribution in [3.05, 3.63) is 47.5 Å². The van der Waals surface area contributed by atoms with E-state index in [0.29, 0.717) is 30.1 Å². The van der Waals surface area contributed by atoms with E-state index < -0.39 is 0 Å².